The first-order chi connectivity index (χ1) is 22.9. The van der Waals surface area contributed by atoms with Gasteiger partial charge in [-0.25, -0.2) is 9.80 Å². The van der Waals surface area contributed by atoms with Crippen LogP contribution in [-0.4, -0.2) is 82.1 Å². The van der Waals surface area contributed by atoms with Crippen molar-refractivity contribution in [3.8, 4) is 11.8 Å². The minimum atomic E-state index is -0.656. The monoisotopic (exact) mass is 696 g/mol. The predicted octanol–water partition coefficient (Wildman–Crippen LogP) is 6.01. The number of ether oxygens (including phenoxy) is 3. The van der Waals surface area contributed by atoms with Crippen LogP contribution < -0.4 is 14.5 Å². The van der Waals surface area contributed by atoms with Gasteiger partial charge in [0, 0.05) is 36.9 Å². The van der Waals surface area contributed by atoms with Crippen molar-refractivity contribution in [3.63, 3.8) is 0 Å². The number of amides is 2. The van der Waals surface area contributed by atoms with E-state index in [0.717, 1.165) is 11.2 Å². The van der Waals surface area contributed by atoms with E-state index in [-0.39, 0.29) is 30.6 Å². The average Bonchev–Trinajstić information content (AvgIpc) is 3.69. The molecule has 1 aliphatic rings. The third-order valence-corrected chi connectivity index (χ3v) is 8.65. The molecule has 2 amide bonds. The van der Waals surface area contributed by atoms with Gasteiger partial charge in [-0.3, -0.25) is 19.4 Å². The van der Waals surface area contributed by atoms with Crippen molar-refractivity contribution in [1.29, 1.82) is 0 Å². The minimum absolute atomic E-state index is 0.0109. The van der Waals surface area contributed by atoms with Crippen LogP contribution in [0.25, 0.3) is 11.0 Å². The van der Waals surface area contributed by atoms with Crippen molar-refractivity contribution >= 4 is 58.2 Å². The van der Waals surface area contributed by atoms with E-state index in [0.29, 0.717) is 59.3 Å². The number of aldehydes is 1. The highest BCUT2D eigenvalue weighted by Gasteiger charge is 2.37. The number of halogens is 2. The van der Waals surface area contributed by atoms with Gasteiger partial charge in [-0.2, -0.15) is 4.98 Å². The quantitative estimate of drug-likeness (QED) is 0.137. The molecule has 0 N–H and O–H groups in total. The van der Waals surface area contributed by atoms with E-state index in [2.05, 4.69) is 9.97 Å². The predicted molar refractivity (Wildman–Crippen MR) is 183 cm³/mol. The first kappa shape index (κ1) is 34.8. The van der Waals surface area contributed by atoms with Crippen LogP contribution in [0.2, 0.25) is 10.0 Å². The highest BCUT2D eigenvalue weighted by Crippen LogP contribution is 2.37. The number of methoxy groups -OCH3 is 1. The summed E-state index contributed by atoms with van der Waals surface area (Å²) in [6, 6.07) is 15.0. The Morgan fingerprint density at radius 3 is 2.58 bits per heavy atom. The number of fused-ring (bicyclic) bond motifs is 1. The molecule has 0 saturated carbocycles. The fourth-order valence-corrected chi connectivity index (χ4v) is 6.12. The second-order valence-electron chi connectivity index (χ2n) is 12.3. The van der Waals surface area contributed by atoms with Gasteiger partial charge in [-0.1, -0.05) is 35.3 Å². The lowest BCUT2D eigenvalue weighted by Gasteiger charge is -2.35. The van der Waals surface area contributed by atoms with Crippen LogP contribution in [0.1, 0.15) is 38.4 Å². The lowest BCUT2D eigenvalue weighted by molar-refractivity contribution is -0.137. The summed E-state index contributed by atoms with van der Waals surface area (Å²) in [7, 11) is 3.20. The summed E-state index contributed by atoms with van der Waals surface area (Å²) in [6.07, 6.45) is 2.33. The zero-order chi connectivity index (χ0) is 34.6. The van der Waals surface area contributed by atoms with E-state index in [1.165, 1.54) is 14.9 Å². The van der Waals surface area contributed by atoms with Crippen molar-refractivity contribution < 1.29 is 28.6 Å². The molecule has 2 aromatic heterocycles. The normalized spacial score (nSPS) is 14.6. The third kappa shape index (κ3) is 7.60. The summed E-state index contributed by atoms with van der Waals surface area (Å²) in [4.78, 5) is 48.6. The van der Waals surface area contributed by atoms with Crippen LogP contribution in [-0.2, 0) is 27.5 Å². The number of hydrazine groups is 1. The smallest absolute Gasteiger partial charge is 0.410 e. The summed E-state index contributed by atoms with van der Waals surface area (Å²) >= 11 is 13.5. The van der Waals surface area contributed by atoms with Crippen LogP contribution in [0, 0.1) is 5.92 Å². The highest BCUT2D eigenvalue weighted by molar-refractivity contribution is 6.37. The Morgan fingerprint density at radius 2 is 1.90 bits per heavy atom. The Bertz CT molecular complexity index is 1790. The molecule has 1 aliphatic heterocycles. The maximum absolute atomic E-state index is 13.7. The number of hydrogen-bond acceptors (Lipinski definition) is 9. The van der Waals surface area contributed by atoms with E-state index >= 15 is 0 Å². The molecule has 48 heavy (non-hydrogen) atoms. The van der Waals surface area contributed by atoms with E-state index < -0.39 is 17.6 Å². The molecule has 1 saturated heterocycles. The number of anilines is 1. The molecule has 0 radical (unpaired) electrons. The largest absolute Gasteiger partial charge is 0.486 e. The summed E-state index contributed by atoms with van der Waals surface area (Å²) in [6.45, 7) is 6.13. The Hall–Kier alpha value is -4.55. The maximum Gasteiger partial charge on any atom is 0.410 e. The number of rotatable bonds is 11. The molecule has 3 heterocycles. The second kappa shape index (κ2) is 14.7. The van der Waals surface area contributed by atoms with Gasteiger partial charge in [0.15, 0.2) is 0 Å². The van der Waals surface area contributed by atoms with Crippen molar-refractivity contribution in [2.45, 2.75) is 45.9 Å². The Morgan fingerprint density at radius 1 is 1.10 bits per heavy atom. The van der Waals surface area contributed by atoms with Gasteiger partial charge in [0.05, 0.1) is 48.0 Å². The third-order valence-electron chi connectivity index (χ3n) is 7.88. The highest BCUT2D eigenvalue weighted by atomic mass is 35.5. The molecule has 1 unspecified atom stereocenters. The summed E-state index contributed by atoms with van der Waals surface area (Å²) in [5, 5.41) is 3.46. The molecular weight excluding hydrogens is 659 g/mol. The van der Waals surface area contributed by atoms with Crippen molar-refractivity contribution in [2.24, 2.45) is 5.92 Å². The molecule has 5 rings (SSSR count). The van der Waals surface area contributed by atoms with Crippen LogP contribution >= 0.6 is 23.2 Å². The topological polar surface area (TPSA) is 119 Å². The van der Waals surface area contributed by atoms with Crippen LogP contribution in [0.5, 0.6) is 11.8 Å². The lowest BCUT2D eigenvalue weighted by atomic mass is 10.1. The molecule has 4 aromatic rings. The number of hydrogen-bond donors (Lipinski definition) is 0. The fourth-order valence-electron chi connectivity index (χ4n) is 5.52. The number of carbonyl (C=O) groups excluding carboxylic acids is 3. The van der Waals surface area contributed by atoms with E-state index in [9.17, 15) is 14.4 Å². The minimum Gasteiger partial charge on any atom is -0.486 e. The number of para-hydroxylation sites is 1. The first-order valence-corrected chi connectivity index (χ1v) is 16.2. The van der Waals surface area contributed by atoms with Gasteiger partial charge >= 0.3 is 6.09 Å². The number of likely N-dealkylation sites (tertiary alicyclic amines) is 1. The summed E-state index contributed by atoms with van der Waals surface area (Å²) in [5.41, 5.74) is 2.49. The number of benzene rings is 2. The maximum atomic E-state index is 13.7. The number of pyridine rings is 1. The molecule has 12 nitrogen and oxygen atoms in total. The molecule has 0 aliphatic carbocycles. The van der Waals surface area contributed by atoms with Gasteiger partial charge in [0.2, 0.25) is 5.91 Å². The average molecular weight is 698 g/mol. The zero-order valence-corrected chi connectivity index (χ0v) is 29.0. The van der Waals surface area contributed by atoms with Gasteiger partial charge < -0.3 is 23.9 Å². The van der Waals surface area contributed by atoms with E-state index in [1.54, 1.807) is 59.3 Å². The number of carbonyl (C=O) groups is 3. The Labute approximate surface area is 289 Å². The molecule has 14 heteroatoms. The van der Waals surface area contributed by atoms with E-state index in [1.807, 2.05) is 34.9 Å². The molecule has 254 valence electrons. The van der Waals surface area contributed by atoms with Gasteiger partial charge in [0.1, 0.15) is 29.8 Å². The molecule has 1 fully saturated rings. The SMILES string of the molecule is COc1nc2c(OCc3c(Cl)ccc(N(C)N(CC=O)C(=O)C4CCN(C(=O)OC(C)(C)C)C4)c3Cl)cccc2n1Cc1ccccn1. The van der Waals surface area contributed by atoms with Gasteiger partial charge in [0.25, 0.3) is 6.01 Å². The molecular formula is C34H38Cl2N6O6. The second-order valence-corrected chi connectivity index (χ2v) is 13.1. The molecule has 2 aromatic carbocycles. The summed E-state index contributed by atoms with van der Waals surface area (Å²) < 4.78 is 19.2. The Balaban J connectivity index is 1.35. The molecule has 0 spiro atoms. The number of imidazole rings is 1. The number of aromatic nitrogens is 3. The van der Waals surface area contributed by atoms with Crippen molar-refractivity contribution in [1.82, 2.24) is 24.4 Å². The van der Waals surface area contributed by atoms with Crippen LogP contribution in [0.3, 0.4) is 0 Å². The van der Waals surface area contributed by atoms with Crippen LogP contribution in [0.15, 0.2) is 54.7 Å². The van der Waals surface area contributed by atoms with Crippen molar-refractivity contribution in [2.75, 3.05) is 38.8 Å². The van der Waals surface area contributed by atoms with Gasteiger partial charge in [-0.05, 0) is 63.6 Å². The Kier molecular flexibility index (Phi) is 10.6. The molecule has 0 bridgehead atoms. The van der Waals surface area contributed by atoms with Crippen molar-refractivity contribution in [3.05, 3.63) is 76.0 Å². The van der Waals surface area contributed by atoms with E-state index in [4.69, 9.17) is 37.4 Å². The lowest BCUT2D eigenvalue weighted by Crippen LogP contribution is -2.49. The fraction of sp³-hybridized carbons (Fsp3) is 0.382. The zero-order valence-electron chi connectivity index (χ0n) is 27.5. The first-order valence-electron chi connectivity index (χ1n) is 15.4. The molecule has 1 atom stereocenters. The van der Waals surface area contributed by atoms with Crippen LogP contribution in [0.4, 0.5) is 10.5 Å². The standard InChI is InChI=1S/C34H38Cl2N6O6/c1-34(2,3)48-33(45)40-16-14-22(19-40)31(44)42(17-18-43)39(4)26-13-12-25(35)24(29(26)36)21-47-28-11-8-10-27-30(28)38-32(46-5)41(27)20-23-9-6-7-15-37-23/h6-13,15,18,22H,14,16-17,19-21H2,1-5H3. The number of nitrogens with zero attached hydrogens (tertiary/aromatic N) is 6. The van der Waals surface area contributed by atoms with Gasteiger partial charge in [-0.15, -0.1) is 0 Å². The summed E-state index contributed by atoms with van der Waals surface area (Å²) in [5.74, 6) is -0.352.